The third-order valence-corrected chi connectivity index (χ3v) is 5.55. The number of ether oxygens (including phenoxy) is 1. The van der Waals surface area contributed by atoms with Crippen molar-refractivity contribution in [2.45, 2.75) is 32.9 Å². The molecule has 0 saturated carbocycles. The topological polar surface area (TPSA) is 58.6 Å². The molecule has 0 saturated heterocycles. The number of benzene rings is 3. The van der Waals surface area contributed by atoms with Crippen LogP contribution in [-0.4, -0.2) is 36.4 Å². The van der Waals surface area contributed by atoms with Gasteiger partial charge in [-0.25, -0.2) is 0 Å². The van der Waals surface area contributed by atoms with Gasteiger partial charge in [0.05, 0.1) is 0 Å². The van der Waals surface area contributed by atoms with Crippen LogP contribution < -0.4 is 10.1 Å². The van der Waals surface area contributed by atoms with Gasteiger partial charge in [0.25, 0.3) is 5.91 Å². The molecule has 0 aliphatic carbocycles. The summed E-state index contributed by atoms with van der Waals surface area (Å²) in [5, 5.41) is 3.28. The Morgan fingerprint density at radius 2 is 1.61 bits per heavy atom. The third kappa shape index (κ3) is 7.09. The number of likely N-dealkylation sites (N-methyl/N-ethyl adjacent to an activating group) is 1. The van der Waals surface area contributed by atoms with Crippen LogP contribution in [0.4, 0.5) is 0 Å². The fraction of sp³-hybridized carbons (Fsp3) is 0.259. The summed E-state index contributed by atoms with van der Waals surface area (Å²) in [6, 6.07) is 22.1. The van der Waals surface area contributed by atoms with E-state index in [9.17, 15) is 9.59 Å². The van der Waals surface area contributed by atoms with Gasteiger partial charge in [0.2, 0.25) is 5.91 Å². The molecule has 3 aromatic rings. The molecule has 0 aromatic heterocycles. The Morgan fingerprint density at radius 1 is 0.939 bits per heavy atom. The molecule has 0 spiro atoms. The van der Waals surface area contributed by atoms with Crippen LogP contribution in [0, 0.1) is 13.8 Å². The molecule has 0 aliphatic heterocycles. The van der Waals surface area contributed by atoms with Crippen LogP contribution in [0.2, 0.25) is 5.02 Å². The summed E-state index contributed by atoms with van der Waals surface area (Å²) in [6.07, 6.45) is 0.385. The maximum Gasteiger partial charge on any atom is 0.261 e. The second kappa shape index (κ2) is 11.5. The molecule has 1 unspecified atom stereocenters. The summed E-state index contributed by atoms with van der Waals surface area (Å²) in [7, 11) is 1.58. The van der Waals surface area contributed by atoms with Crippen LogP contribution in [0.15, 0.2) is 72.8 Å². The molecule has 0 heterocycles. The summed E-state index contributed by atoms with van der Waals surface area (Å²) in [5.41, 5.74) is 3.91. The Labute approximate surface area is 200 Å². The van der Waals surface area contributed by atoms with Crippen molar-refractivity contribution in [2.75, 3.05) is 13.7 Å². The molecule has 5 nitrogen and oxygen atoms in total. The zero-order valence-corrected chi connectivity index (χ0v) is 19.9. The predicted octanol–water partition coefficient (Wildman–Crippen LogP) is 4.72. The van der Waals surface area contributed by atoms with Gasteiger partial charge in [0, 0.05) is 25.0 Å². The first-order valence-electron chi connectivity index (χ1n) is 10.9. The lowest BCUT2D eigenvalue weighted by atomic mass is 10.0. The van der Waals surface area contributed by atoms with Gasteiger partial charge in [0.15, 0.2) is 6.61 Å². The average Bonchev–Trinajstić information content (AvgIpc) is 2.79. The largest absolute Gasteiger partial charge is 0.484 e. The summed E-state index contributed by atoms with van der Waals surface area (Å²) in [4.78, 5) is 27.9. The molecule has 3 rings (SSSR count). The molecular weight excluding hydrogens is 436 g/mol. The molecule has 0 radical (unpaired) electrons. The van der Waals surface area contributed by atoms with Crippen molar-refractivity contribution in [2.24, 2.45) is 0 Å². The molecular formula is C27H29ClN2O3. The Bertz CT molecular complexity index is 1080. The number of amides is 2. The van der Waals surface area contributed by atoms with E-state index in [2.05, 4.69) is 5.32 Å². The van der Waals surface area contributed by atoms with Crippen molar-refractivity contribution in [3.8, 4) is 5.75 Å². The van der Waals surface area contributed by atoms with E-state index < -0.39 is 6.04 Å². The second-order valence-corrected chi connectivity index (χ2v) is 8.52. The molecule has 0 bridgehead atoms. The van der Waals surface area contributed by atoms with Crippen LogP contribution in [-0.2, 0) is 22.6 Å². The van der Waals surface area contributed by atoms with Gasteiger partial charge in [-0.2, -0.15) is 0 Å². The second-order valence-electron chi connectivity index (χ2n) is 8.08. The standard InChI is InChI=1S/C27H29ClN2O3/c1-19-12-20(2)14-24(13-19)33-18-26(31)30(17-22-10-7-11-23(28)15-22)25(27(32)29-3)16-21-8-5-4-6-9-21/h4-15,25H,16-18H2,1-3H3,(H,29,32). The van der Waals surface area contributed by atoms with E-state index in [1.807, 2.05) is 74.5 Å². The highest BCUT2D eigenvalue weighted by atomic mass is 35.5. The lowest BCUT2D eigenvalue weighted by Crippen LogP contribution is -2.51. The van der Waals surface area contributed by atoms with Gasteiger partial charge in [0.1, 0.15) is 11.8 Å². The quantitative estimate of drug-likeness (QED) is 0.498. The van der Waals surface area contributed by atoms with E-state index in [0.717, 1.165) is 22.3 Å². The summed E-state index contributed by atoms with van der Waals surface area (Å²) in [6.45, 7) is 4.02. The molecule has 6 heteroatoms. The maximum atomic E-state index is 13.4. The van der Waals surface area contributed by atoms with Gasteiger partial charge in [-0.15, -0.1) is 0 Å². The monoisotopic (exact) mass is 464 g/mol. The maximum absolute atomic E-state index is 13.4. The van der Waals surface area contributed by atoms with Crippen LogP contribution >= 0.6 is 11.6 Å². The number of nitrogens with zero attached hydrogens (tertiary/aromatic N) is 1. The van der Waals surface area contributed by atoms with Crippen molar-refractivity contribution in [3.63, 3.8) is 0 Å². The van der Waals surface area contributed by atoms with Crippen LogP contribution in [0.3, 0.4) is 0 Å². The molecule has 0 aliphatic rings. The van der Waals surface area contributed by atoms with Gasteiger partial charge in [-0.05, 0) is 60.4 Å². The highest BCUT2D eigenvalue weighted by Gasteiger charge is 2.30. The number of hydrogen-bond donors (Lipinski definition) is 1. The van der Waals surface area contributed by atoms with Crippen molar-refractivity contribution < 1.29 is 14.3 Å². The minimum atomic E-state index is -0.702. The number of halogens is 1. The molecule has 3 aromatic carbocycles. The number of carbonyl (C=O) groups is 2. The van der Waals surface area contributed by atoms with Gasteiger partial charge >= 0.3 is 0 Å². The van der Waals surface area contributed by atoms with E-state index in [0.29, 0.717) is 17.2 Å². The first kappa shape index (κ1) is 24.3. The summed E-state index contributed by atoms with van der Waals surface area (Å²) in [5.74, 6) is 0.113. The van der Waals surface area contributed by atoms with E-state index in [4.69, 9.17) is 16.3 Å². The fourth-order valence-electron chi connectivity index (χ4n) is 3.80. The Kier molecular flexibility index (Phi) is 8.50. The molecule has 33 heavy (non-hydrogen) atoms. The van der Waals surface area contributed by atoms with Gasteiger partial charge < -0.3 is 15.0 Å². The van der Waals surface area contributed by atoms with E-state index in [1.54, 1.807) is 24.1 Å². The van der Waals surface area contributed by atoms with Crippen molar-refractivity contribution in [3.05, 3.63) is 100 Å². The lowest BCUT2D eigenvalue weighted by Gasteiger charge is -2.31. The van der Waals surface area contributed by atoms with Crippen molar-refractivity contribution >= 4 is 23.4 Å². The highest BCUT2D eigenvalue weighted by molar-refractivity contribution is 6.30. The molecule has 1 N–H and O–H groups in total. The predicted molar refractivity (Wildman–Crippen MR) is 131 cm³/mol. The normalized spacial score (nSPS) is 11.5. The van der Waals surface area contributed by atoms with Gasteiger partial charge in [-0.3, -0.25) is 9.59 Å². The number of hydrogen-bond acceptors (Lipinski definition) is 3. The lowest BCUT2D eigenvalue weighted by molar-refractivity contribution is -0.142. The Balaban J connectivity index is 1.88. The molecule has 172 valence electrons. The molecule has 1 atom stereocenters. The Morgan fingerprint density at radius 3 is 2.24 bits per heavy atom. The SMILES string of the molecule is CNC(=O)C(Cc1ccccc1)N(Cc1cccc(Cl)c1)C(=O)COc1cc(C)cc(C)c1. The summed E-state index contributed by atoms with van der Waals surface area (Å²) >= 11 is 6.17. The number of carbonyl (C=O) groups excluding carboxylic acids is 2. The minimum absolute atomic E-state index is 0.175. The zero-order chi connectivity index (χ0) is 23.8. The number of nitrogens with one attached hydrogen (secondary N) is 1. The van der Waals surface area contributed by atoms with Crippen LogP contribution in [0.1, 0.15) is 22.3 Å². The number of aryl methyl sites for hydroxylation is 2. The van der Waals surface area contributed by atoms with Crippen molar-refractivity contribution in [1.82, 2.24) is 10.2 Å². The van der Waals surface area contributed by atoms with Gasteiger partial charge in [-0.1, -0.05) is 60.1 Å². The average molecular weight is 465 g/mol. The fourth-order valence-corrected chi connectivity index (χ4v) is 4.01. The van der Waals surface area contributed by atoms with E-state index >= 15 is 0 Å². The Hall–Kier alpha value is -3.31. The first-order valence-corrected chi connectivity index (χ1v) is 11.2. The number of rotatable bonds is 9. The zero-order valence-electron chi connectivity index (χ0n) is 19.2. The van der Waals surface area contributed by atoms with Crippen LogP contribution in [0.5, 0.6) is 5.75 Å². The van der Waals surface area contributed by atoms with Crippen molar-refractivity contribution in [1.29, 1.82) is 0 Å². The van der Waals surface area contributed by atoms with Crippen LogP contribution in [0.25, 0.3) is 0 Å². The van der Waals surface area contributed by atoms with E-state index in [1.165, 1.54) is 0 Å². The molecule has 0 fully saturated rings. The first-order chi connectivity index (χ1) is 15.9. The van der Waals surface area contributed by atoms with E-state index in [-0.39, 0.29) is 25.0 Å². The molecule has 2 amide bonds. The smallest absolute Gasteiger partial charge is 0.261 e. The minimum Gasteiger partial charge on any atom is -0.484 e. The summed E-state index contributed by atoms with van der Waals surface area (Å²) < 4.78 is 5.84. The third-order valence-electron chi connectivity index (χ3n) is 5.32. The highest BCUT2D eigenvalue weighted by Crippen LogP contribution is 2.19.